The Balaban J connectivity index is 1.50. The minimum absolute atomic E-state index is 0.0649. The molecule has 2 aromatic rings. The largest absolute Gasteiger partial charge is 0.493 e. The van der Waals surface area contributed by atoms with Crippen LogP contribution in [0.25, 0.3) is 6.08 Å². The summed E-state index contributed by atoms with van der Waals surface area (Å²) in [4.78, 5) is 14.2. The van der Waals surface area contributed by atoms with Crippen molar-refractivity contribution in [3.63, 3.8) is 0 Å². The van der Waals surface area contributed by atoms with Crippen LogP contribution in [0.2, 0.25) is 0 Å². The molecule has 4 nitrogen and oxygen atoms in total. The molecule has 0 saturated carbocycles. The van der Waals surface area contributed by atoms with Crippen LogP contribution in [0, 0.1) is 13.8 Å². The second-order valence-electron chi connectivity index (χ2n) is 6.69. The van der Waals surface area contributed by atoms with Gasteiger partial charge in [0.25, 0.3) is 5.91 Å². The number of hydrogen-bond donors (Lipinski definition) is 0. The van der Waals surface area contributed by atoms with Crippen LogP contribution >= 0.6 is 24.0 Å². The van der Waals surface area contributed by atoms with Crippen molar-refractivity contribution in [3.8, 4) is 11.5 Å². The smallest absolute Gasteiger partial charge is 0.265 e. The second kappa shape index (κ2) is 9.26. The van der Waals surface area contributed by atoms with Gasteiger partial charge < -0.3 is 9.47 Å². The molecule has 0 atom stereocenters. The van der Waals surface area contributed by atoms with Crippen molar-refractivity contribution >= 4 is 40.3 Å². The van der Waals surface area contributed by atoms with E-state index in [1.54, 1.807) is 7.05 Å². The molecule has 28 heavy (non-hydrogen) atoms. The molecule has 1 fully saturated rings. The first kappa shape index (κ1) is 20.4. The number of thiocarbonyl (C=S) groups is 1. The monoisotopic (exact) mass is 413 g/mol. The zero-order valence-corrected chi connectivity index (χ0v) is 17.9. The van der Waals surface area contributed by atoms with Crippen LogP contribution in [0.1, 0.15) is 23.1 Å². The Labute approximate surface area is 175 Å². The van der Waals surface area contributed by atoms with Crippen LogP contribution in [0.15, 0.2) is 47.4 Å². The summed E-state index contributed by atoms with van der Waals surface area (Å²) < 4.78 is 12.2. The quantitative estimate of drug-likeness (QED) is 0.364. The summed E-state index contributed by atoms with van der Waals surface area (Å²) in [6.45, 7) is 5.29. The summed E-state index contributed by atoms with van der Waals surface area (Å²) in [5, 5.41) is 0. The Morgan fingerprint density at radius 1 is 1.04 bits per heavy atom. The molecule has 0 unspecified atom stereocenters. The molecule has 146 valence electrons. The van der Waals surface area contributed by atoms with Crippen molar-refractivity contribution in [2.75, 3.05) is 20.3 Å². The lowest BCUT2D eigenvalue weighted by Crippen LogP contribution is -2.22. The third-order valence-corrected chi connectivity index (χ3v) is 5.65. The zero-order valence-electron chi connectivity index (χ0n) is 16.2. The number of likely N-dealkylation sites (N-methyl/N-ethyl adjacent to an activating group) is 1. The van der Waals surface area contributed by atoms with Gasteiger partial charge in [-0.15, -0.1) is 0 Å². The number of hydrogen-bond acceptors (Lipinski definition) is 5. The fraction of sp³-hybridized carbons (Fsp3) is 0.273. The third kappa shape index (κ3) is 5.36. The lowest BCUT2D eigenvalue weighted by atomic mass is 10.1. The van der Waals surface area contributed by atoms with E-state index in [-0.39, 0.29) is 5.91 Å². The third-order valence-electron chi connectivity index (χ3n) is 4.16. The number of nitrogens with zero attached hydrogens (tertiary/aromatic N) is 1. The lowest BCUT2D eigenvalue weighted by molar-refractivity contribution is -0.121. The molecule has 0 aromatic heterocycles. The van der Waals surface area contributed by atoms with E-state index < -0.39 is 0 Å². The SMILES string of the molecule is Cc1cc(C)cc(OCCCOc2cccc(/C=C3/SC(=S)N(C)C3=O)c2)c1. The van der Waals surface area contributed by atoms with Crippen LogP contribution in [-0.4, -0.2) is 35.4 Å². The molecule has 1 saturated heterocycles. The van der Waals surface area contributed by atoms with Crippen molar-refractivity contribution in [1.29, 1.82) is 0 Å². The van der Waals surface area contributed by atoms with E-state index in [1.165, 1.54) is 27.8 Å². The summed E-state index contributed by atoms with van der Waals surface area (Å²) in [6, 6.07) is 13.9. The molecule has 0 radical (unpaired) electrons. The van der Waals surface area contributed by atoms with Crippen molar-refractivity contribution in [1.82, 2.24) is 4.90 Å². The van der Waals surface area contributed by atoms with E-state index >= 15 is 0 Å². The first-order valence-electron chi connectivity index (χ1n) is 9.08. The van der Waals surface area contributed by atoms with Crippen LogP contribution in [0.5, 0.6) is 11.5 Å². The first-order valence-corrected chi connectivity index (χ1v) is 10.3. The van der Waals surface area contributed by atoms with Gasteiger partial charge in [-0.1, -0.05) is 42.2 Å². The highest BCUT2D eigenvalue weighted by Gasteiger charge is 2.28. The molecule has 3 rings (SSSR count). The highest BCUT2D eigenvalue weighted by Crippen LogP contribution is 2.31. The highest BCUT2D eigenvalue weighted by atomic mass is 32.2. The molecule has 0 N–H and O–H groups in total. The summed E-state index contributed by atoms with van der Waals surface area (Å²) in [6.07, 6.45) is 2.63. The van der Waals surface area contributed by atoms with E-state index in [1.807, 2.05) is 42.5 Å². The van der Waals surface area contributed by atoms with Gasteiger partial charge in [-0.3, -0.25) is 9.69 Å². The van der Waals surface area contributed by atoms with E-state index in [0.29, 0.717) is 22.4 Å². The molecule has 0 bridgehead atoms. The number of aryl methyl sites for hydroxylation is 2. The summed E-state index contributed by atoms with van der Waals surface area (Å²) in [7, 11) is 1.69. The molecule has 2 aromatic carbocycles. The predicted octanol–water partition coefficient (Wildman–Crippen LogP) is 4.98. The molecule has 1 heterocycles. The molecule has 1 aliphatic rings. The van der Waals surface area contributed by atoms with E-state index in [2.05, 4.69) is 19.9 Å². The van der Waals surface area contributed by atoms with Crippen LogP contribution < -0.4 is 9.47 Å². The molecule has 6 heteroatoms. The van der Waals surface area contributed by atoms with E-state index in [4.69, 9.17) is 21.7 Å². The Hall–Kier alpha value is -2.31. The van der Waals surface area contributed by atoms with Crippen LogP contribution in [0.4, 0.5) is 0 Å². The number of thioether (sulfide) groups is 1. The standard InChI is InChI=1S/C22H23NO3S2/c1-15-10-16(2)12-19(11-15)26-9-5-8-25-18-7-4-6-17(13-18)14-20-21(24)23(3)22(27)28-20/h4,6-7,10-14H,5,8-9H2,1-3H3/b20-14+. The van der Waals surface area contributed by atoms with Gasteiger partial charge in [0.1, 0.15) is 15.8 Å². The Bertz CT molecular complexity index is 903. The van der Waals surface area contributed by atoms with Gasteiger partial charge in [0.2, 0.25) is 0 Å². The number of amides is 1. The maximum Gasteiger partial charge on any atom is 0.265 e. The van der Waals surface area contributed by atoms with Crippen molar-refractivity contribution in [3.05, 3.63) is 64.1 Å². The molecule has 1 amide bonds. The van der Waals surface area contributed by atoms with E-state index in [9.17, 15) is 4.79 Å². The first-order chi connectivity index (χ1) is 13.4. The maximum absolute atomic E-state index is 12.1. The zero-order chi connectivity index (χ0) is 20.1. The topological polar surface area (TPSA) is 38.8 Å². The predicted molar refractivity (Wildman–Crippen MR) is 119 cm³/mol. The van der Waals surface area contributed by atoms with Gasteiger partial charge in [-0.25, -0.2) is 0 Å². The number of rotatable bonds is 7. The summed E-state index contributed by atoms with van der Waals surface area (Å²) in [5.41, 5.74) is 3.31. The lowest BCUT2D eigenvalue weighted by Gasteiger charge is -2.10. The van der Waals surface area contributed by atoms with Gasteiger partial charge in [0, 0.05) is 13.5 Å². The highest BCUT2D eigenvalue weighted by molar-refractivity contribution is 8.26. The van der Waals surface area contributed by atoms with Gasteiger partial charge in [-0.2, -0.15) is 0 Å². The molecule has 0 aliphatic carbocycles. The Morgan fingerprint density at radius 3 is 2.36 bits per heavy atom. The molecule has 0 spiro atoms. The summed E-state index contributed by atoms with van der Waals surface area (Å²) >= 11 is 6.48. The van der Waals surface area contributed by atoms with Gasteiger partial charge in [0.15, 0.2) is 0 Å². The number of ether oxygens (including phenoxy) is 2. The molecular formula is C22H23NO3S2. The Kier molecular flexibility index (Phi) is 6.75. The molecular weight excluding hydrogens is 390 g/mol. The average Bonchev–Trinajstić information content (AvgIpc) is 2.88. The summed E-state index contributed by atoms with van der Waals surface area (Å²) in [5.74, 6) is 1.60. The second-order valence-corrected chi connectivity index (χ2v) is 8.36. The molecule has 1 aliphatic heterocycles. The van der Waals surface area contributed by atoms with Crippen molar-refractivity contribution < 1.29 is 14.3 Å². The fourth-order valence-electron chi connectivity index (χ4n) is 2.85. The van der Waals surface area contributed by atoms with Crippen molar-refractivity contribution in [2.45, 2.75) is 20.3 Å². The number of benzene rings is 2. The van der Waals surface area contributed by atoms with Gasteiger partial charge in [-0.05, 0) is 60.9 Å². The van der Waals surface area contributed by atoms with Crippen molar-refractivity contribution in [2.24, 2.45) is 0 Å². The minimum Gasteiger partial charge on any atom is -0.493 e. The van der Waals surface area contributed by atoms with Gasteiger partial charge in [0.05, 0.1) is 18.1 Å². The normalized spacial score (nSPS) is 15.4. The number of carbonyl (C=O) groups is 1. The Morgan fingerprint density at radius 2 is 1.71 bits per heavy atom. The fourth-order valence-corrected chi connectivity index (χ4v) is 4.03. The van der Waals surface area contributed by atoms with Crippen LogP contribution in [-0.2, 0) is 4.79 Å². The number of carbonyl (C=O) groups excluding carboxylic acids is 1. The van der Waals surface area contributed by atoms with Gasteiger partial charge >= 0.3 is 0 Å². The minimum atomic E-state index is -0.0649. The van der Waals surface area contributed by atoms with Crippen LogP contribution in [0.3, 0.4) is 0 Å². The average molecular weight is 414 g/mol. The maximum atomic E-state index is 12.1. The van der Waals surface area contributed by atoms with E-state index in [0.717, 1.165) is 23.5 Å².